The lowest BCUT2D eigenvalue weighted by Gasteiger charge is -2.21. The van der Waals surface area contributed by atoms with Crippen molar-refractivity contribution in [2.24, 2.45) is 0 Å². The van der Waals surface area contributed by atoms with Crippen LogP contribution in [0.3, 0.4) is 0 Å². The Morgan fingerprint density at radius 3 is 2.59 bits per heavy atom. The summed E-state index contributed by atoms with van der Waals surface area (Å²) in [5.41, 5.74) is -1.06. The summed E-state index contributed by atoms with van der Waals surface area (Å²) < 4.78 is 5.07. The number of hydrogen-bond donors (Lipinski definition) is 2. The van der Waals surface area contributed by atoms with E-state index < -0.39 is 29.6 Å². The summed E-state index contributed by atoms with van der Waals surface area (Å²) in [6, 6.07) is 0.870. The number of nitrogens with zero attached hydrogens (tertiary/aromatic N) is 3. The van der Waals surface area contributed by atoms with Gasteiger partial charge in [-0.2, -0.15) is 5.26 Å². The van der Waals surface area contributed by atoms with Crippen LogP contribution in [0, 0.1) is 11.3 Å². The fourth-order valence-corrected chi connectivity index (χ4v) is 2.29. The highest BCUT2D eigenvalue weighted by Gasteiger charge is 2.48. The van der Waals surface area contributed by atoms with Crippen molar-refractivity contribution in [3.63, 3.8) is 0 Å². The van der Waals surface area contributed by atoms with E-state index in [1.807, 2.05) is 0 Å². The number of carbonyl (C=O) groups excluding carboxylic acids is 2. The number of ether oxygens (including phenoxy) is 1. The molecule has 0 unspecified atom stereocenters. The van der Waals surface area contributed by atoms with Gasteiger partial charge in [0.1, 0.15) is 11.6 Å². The van der Waals surface area contributed by atoms with Crippen LogP contribution in [0.15, 0.2) is 11.3 Å². The molecule has 0 bridgehead atoms. The van der Waals surface area contributed by atoms with E-state index in [4.69, 9.17) is 15.1 Å². The summed E-state index contributed by atoms with van der Waals surface area (Å²) in [5, 5.41) is 22.9. The molecule has 0 radical (unpaired) electrons. The number of carbonyl (C=O) groups is 3. The number of amides is 2. The summed E-state index contributed by atoms with van der Waals surface area (Å²) in [4.78, 5) is 35.2. The molecule has 22 heavy (non-hydrogen) atoms. The molecule has 0 aromatic heterocycles. The molecule has 9 heteroatoms. The lowest BCUT2D eigenvalue weighted by atomic mass is 10.2. The maximum atomic E-state index is 12.3. The minimum atomic E-state index is -1.36. The largest absolute Gasteiger partial charge is 0.476 e. The second-order valence-electron chi connectivity index (χ2n) is 5.94. The van der Waals surface area contributed by atoms with Crippen LogP contribution < -0.4 is 5.32 Å². The molecule has 2 N–H and O–H groups in total. The number of nitriles is 1. The zero-order valence-electron chi connectivity index (χ0n) is 12.4. The summed E-state index contributed by atoms with van der Waals surface area (Å²) in [6.45, 7) is 5.18. The van der Waals surface area contributed by atoms with Gasteiger partial charge in [-0.15, -0.1) is 0 Å². The highest BCUT2D eigenvalue weighted by Crippen LogP contribution is 2.29. The Balaban J connectivity index is 2.12. The zero-order chi connectivity index (χ0) is 16.7. The number of nitrogens with one attached hydrogen (secondary N) is 1. The number of carboxylic acids is 1. The van der Waals surface area contributed by atoms with E-state index in [1.165, 1.54) is 5.01 Å². The monoisotopic (exact) mass is 308 g/mol. The van der Waals surface area contributed by atoms with Gasteiger partial charge in [0, 0.05) is 6.54 Å². The molecular formula is C13H16N4O5. The number of carboxylic acid groups (broad SMARTS) is 1. The van der Waals surface area contributed by atoms with E-state index in [9.17, 15) is 14.4 Å². The Morgan fingerprint density at radius 1 is 1.45 bits per heavy atom. The van der Waals surface area contributed by atoms with Gasteiger partial charge in [-0.05, 0) is 20.8 Å². The lowest BCUT2D eigenvalue weighted by Crippen LogP contribution is -2.45. The van der Waals surface area contributed by atoms with Crippen LogP contribution in [0.25, 0.3) is 0 Å². The van der Waals surface area contributed by atoms with Gasteiger partial charge in [0.2, 0.25) is 0 Å². The Morgan fingerprint density at radius 2 is 2.09 bits per heavy atom. The molecule has 1 fully saturated rings. The van der Waals surface area contributed by atoms with Crippen molar-refractivity contribution in [3.05, 3.63) is 11.3 Å². The summed E-state index contributed by atoms with van der Waals surface area (Å²) >= 11 is 0. The van der Waals surface area contributed by atoms with Crippen molar-refractivity contribution < 1.29 is 24.2 Å². The van der Waals surface area contributed by atoms with E-state index >= 15 is 0 Å². The highest BCUT2D eigenvalue weighted by atomic mass is 16.6. The summed E-state index contributed by atoms with van der Waals surface area (Å²) in [6.07, 6.45) is -0.755. The van der Waals surface area contributed by atoms with Crippen LogP contribution in [0.5, 0.6) is 0 Å². The third-order valence-corrected chi connectivity index (χ3v) is 3.05. The maximum absolute atomic E-state index is 12.3. The van der Waals surface area contributed by atoms with E-state index in [0.717, 1.165) is 5.01 Å². The first kappa shape index (κ1) is 15.8. The third-order valence-electron chi connectivity index (χ3n) is 3.05. The number of alkyl carbamates (subject to hydrolysis) is 1. The van der Waals surface area contributed by atoms with Crippen LogP contribution in [-0.4, -0.2) is 57.8 Å². The minimum absolute atomic E-state index is 0.0107. The Bertz CT molecular complexity index is 613. The van der Waals surface area contributed by atoms with Crippen LogP contribution >= 0.6 is 0 Å². The van der Waals surface area contributed by atoms with Gasteiger partial charge in [-0.3, -0.25) is 4.79 Å². The van der Waals surface area contributed by atoms with Gasteiger partial charge >= 0.3 is 12.1 Å². The van der Waals surface area contributed by atoms with Crippen molar-refractivity contribution in [2.75, 3.05) is 13.1 Å². The quantitative estimate of drug-likeness (QED) is 0.725. The van der Waals surface area contributed by atoms with Crippen LogP contribution in [-0.2, 0) is 14.3 Å². The first-order chi connectivity index (χ1) is 10.1. The molecule has 0 aromatic rings. The molecule has 0 saturated carbocycles. The number of hydrogen-bond acceptors (Lipinski definition) is 6. The van der Waals surface area contributed by atoms with Crippen molar-refractivity contribution >= 4 is 18.0 Å². The van der Waals surface area contributed by atoms with Gasteiger partial charge in [-0.25, -0.2) is 19.6 Å². The van der Waals surface area contributed by atoms with Gasteiger partial charge in [0.25, 0.3) is 5.91 Å². The molecule has 118 valence electrons. The smallest absolute Gasteiger partial charge is 0.408 e. The Labute approximate surface area is 126 Å². The number of rotatable bonds is 2. The zero-order valence-corrected chi connectivity index (χ0v) is 12.4. The predicted octanol–water partition coefficient (Wildman–Crippen LogP) is -0.185. The van der Waals surface area contributed by atoms with Gasteiger partial charge in [0.05, 0.1) is 18.2 Å². The van der Waals surface area contributed by atoms with Crippen molar-refractivity contribution in [3.8, 4) is 6.07 Å². The number of hydrazine groups is 1. The average Bonchev–Trinajstić information content (AvgIpc) is 2.85. The highest BCUT2D eigenvalue weighted by molar-refractivity contribution is 5.98. The first-order valence-electron chi connectivity index (χ1n) is 6.59. The van der Waals surface area contributed by atoms with Gasteiger partial charge in [0.15, 0.2) is 5.70 Å². The first-order valence-corrected chi connectivity index (χ1v) is 6.59. The molecular weight excluding hydrogens is 292 g/mol. The van der Waals surface area contributed by atoms with Crippen molar-refractivity contribution in [1.29, 1.82) is 5.26 Å². The number of fused-ring (bicyclic) bond motifs is 1. The lowest BCUT2D eigenvalue weighted by molar-refractivity contribution is -0.143. The molecule has 0 spiro atoms. The van der Waals surface area contributed by atoms with Gasteiger partial charge in [-0.1, -0.05) is 0 Å². The van der Waals surface area contributed by atoms with Crippen molar-refractivity contribution in [2.45, 2.75) is 32.4 Å². The average molecular weight is 308 g/mol. The van der Waals surface area contributed by atoms with Crippen LogP contribution in [0.4, 0.5) is 4.79 Å². The Kier molecular flexibility index (Phi) is 3.81. The molecule has 2 aliphatic rings. The van der Waals surface area contributed by atoms with E-state index in [-0.39, 0.29) is 24.4 Å². The molecule has 2 aliphatic heterocycles. The number of aliphatic carboxylic acids is 1. The van der Waals surface area contributed by atoms with E-state index in [0.29, 0.717) is 0 Å². The minimum Gasteiger partial charge on any atom is -0.476 e. The van der Waals surface area contributed by atoms with Crippen LogP contribution in [0.1, 0.15) is 20.8 Å². The fourth-order valence-electron chi connectivity index (χ4n) is 2.29. The molecule has 1 atom stereocenters. The second-order valence-corrected chi connectivity index (χ2v) is 5.94. The molecule has 9 nitrogen and oxygen atoms in total. The maximum Gasteiger partial charge on any atom is 0.408 e. The van der Waals surface area contributed by atoms with Gasteiger partial charge < -0.3 is 15.2 Å². The Hall–Kier alpha value is -2.60. The summed E-state index contributed by atoms with van der Waals surface area (Å²) in [7, 11) is 0. The van der Waals surface area contributed by atoms with E-state index in [2.05, 4.69) is 5.32 Å². The molecule has 2 rings (SSSR count). The van der Waals surface area contributed by atoms with Crippen molar-refractivity contribution in [1.82, 2.24) is 15.3 Å². The summed E-state index contributed by atoms with van der Waals surface area (Å²) in [5.74, 6) is -1.96. The molecule has 1 saturated heterocycles. The molecule has 2 amide bonds. The predicted molar refractivity (Wildman–Crippen MR) is 71.9 cm³/mol. The second kappa shape index (κ2) is 5.31. The standard InChI is InChI=1S/C13H16N4O5/c1-13(2,3)22-12(21)15-8-6-16-5-7(4-14)9(11(19)20)17(16)10(8)18/h8H,5-6H2,1-3H3,(H,15,21)(H,19,20)/t8-/m1/s1. The molecule has 0 aliphatic carbocycles. The van der Waals surface area contributed by atoms with Crippen LogP contribution in [0.2, 0.25) is 0 Å². The molecule has 0 aromatic carbocycles. The van der Waals surface area contributed by atoms with E-state index in [1.54, 1.807) is 26.8 Å². The fraction of sp³-hybridized carbons (Fsp3) is 0.538. The normalized spacial score (nSPS) is 21.6. The molecule has 2 heterocycles. The SMILES string of the molecule is CC(C)(C)OC(=O)N[C@@H]1CN2CC(C#N)=C(C(=O)O)N2C1=O. The third kappa shape index (κ3) is 2.87. The topological polar surface area (TPSA) is 123 Å².